The van der Waals surface area contributed by atoms with Crippen molar-refractivity contribution in [2.45, 2.75) is 65.2 Å². The molecule has 0 bridgehead atoms. The van der Waals surface area contributed by atoms with E-state index < -0.39 is 20.7 Å². The Labute approximate surface area is 336 Å². The zero-order valence-corrected chi connectivity index (χ0v) is 32.7. The maximum Gasteiger partial charge on any atom is 0.269 e. The molecule has 0 aromatic heterocycles. The summed E-state index contributed by atoms with van der Waals surface area (Å²) in [5.74, 6) is -1.29. The number of anilines is 2. The van der Waals surface area contributed by atoms with E-state index in [2.05, 4.69) is 0 Å². The van der Waals surface area contributed by atoms with Gasteiger partial charge in [-0.2, -0.15) is 0 Å². The number of ketones is 2. The van der Waals surface area contributed by atoms with E-state index in [-0.39, 0.29) is 57.4 Å². The fraction of sp³-hybridized carbons (Fsp3) is 0.304. The second-order valence-corrected chi connectivity index (χ2v) is 17.2. The van der Waals surface area contributed by atoms with Gasteiger partial charge in [-0.3, -0.25) is 49.2 Å². The van der Waals surface area contributed by atoms with E-state index in [4.69, 9.17) is 0 Å². The summed E-state index contributed by atoms with van der Waals surface area (Å²) in [4.78, 5) is 78.0. The fourth-order valence-electron chi connectivity index (χ4n) is 9.47. The minimum absolute atomic E-state index is 0.0439. The maximum atomic E-state index is 13.8. The minimum Gasteiger partial charge on any atom is -0.298 e. The van der Waals surface area contributed by atoms with Crippen LogP contribution in [0, 0.1) is 41.9 Å². The van der Waals surface area contributed by atoms with Crippen LogP contribution in [0.15, 0.2) is 134 Å². The molecular formula is C46H44N4O8. The molecule has 4 aromatic carbocycles. The average Bonchev–Trinajstić information content (AvgIpc) is 3.60. The lowest BCUT2D eigenvalue weighted by atomic mass is 9.66. The van der Waals surface area contributed by atoms with Crippen molar-refractivity contribution in [3.05, 3.63) is 165 Å². The fourth-order valence-corrected chi connectivity index (χ4v) is 9.47. The maximum absolute atomic E-state index is 13.8. The summed E-state index contributed by atoms with van der Waals surface area (Å²) in [6, 6.07) is 30.9. The van der Waals surface area contributed by atoms with Gasteiger partial charge in [-0.15, -0.1) is 0 Å². The van der Waals surface area contributed by atoms with Crippen molar-refractivity contribution < 1.29 is 29.0 Å². The molecule has 0 radical (unpaired) electrons. The molecule has 2 fully saturated rings. The third kappa shape index (κ3) is 6.92. The second-order valence-electron chi connectivity index (χ2n) is 17.2. The van der Waals surface area contributed by atoms with E-state index >= 15 is 0 Å². The van der Waals surface area contributed by atoms with Gasteiger partial charge in [0.2, 0.25) is 11.8 Å². The lowest BCUT2D eigenvalue weighted by molar-refractivity contribution is -0.385. The lowest BCUT2D eigenvalue weighted by Crippen LogP contribution is -2.50. The average molecular weight is 781 g/mol. The molecule has 2 heterocycles. The molecule has 2 aliphatic carbocycles. The number of benzene rings is 4. The molecule has 4 aromatic rings. The number of non-ortho nitro benzene ring substituents is 2. The van der Waals surface area contributed by atoms with Gasteiger partial charge < -0.3 is 0 Å². The van der Waals surface area contributed by atoms with Crippen LogP contribution in [-0.2, 0) is 19.2 Å². The van der Waals surface area contributed by atoms with Crippen LogP contribution < -0.4 is 9.80 Å². The van der Waals surface area contributed by atoms with Crippen LogP contribution in [0.25, 0.3) is 0 Å². The Morgan fingerprint density at radius 2 is 0.845 bits per heavy atom. The number of rotatable bonds is 6. The SMILES string of the molecule is CC1(C)CC(=O)[C@@]2(C1)C(=O)N(c1ccc([N+](=O)[O-])cc1)C=C[C@H]2c1ccccc1.CC1(C)CC(=O)[C@]2(C1)C(=O)N(c1ccc([N+](=O)[O-])cc1)C=C[C@@H]2c1ccccc1. The number of allylic oxidation sites excluding steroid dienone is 2. The second kappa shape index (κ2) is 14.7. The third-order valence-corrected chi connectivity index (χ3v) is 11.9. The highest BCUT2D eigenvalue weighted by atomic mass is 16.6. The molecule has 2 spiro atoms. The number of amides is 2. The summed E-state index contributed by atoms with van der Waals surface area (Å²) < 4.78 is 0. The molecule has 0 unspecified atom stereocenters. The van der Waals surface area contributed by atoms with Gasteiger partial charge in [-0.05, 0) is 59.1 Å². The van der Waals surface area contributed by atoms with E-state index in [1.54, 1.807) is 36.7 Å². The Morgan fingerprint density at radius 3 is 1.12 bits per heavy atom. The Hall–Kier alpha value is -6.56. The summed E-state index contributed by atoms with van der Waals surface area (Å²) in [6.07, 6.45) is 8.83. The van der Waals surface area contributed by atoms with Gasteiger partial charge in [-0.25, -0.2) is 0 Å². The number of hydrogen-bond acceptors (Lipinski definition) is 8. The summed E-state index contributed by atoms with van der Waals surface area (Å²) >= 11 is 0. The Morgan fingerprint density at radius 1 is 0.517 bits per heavy atom. The van der Waals surface area contributed by atoms with Crippen LogP contribution in [-0.4, -0.2) is 33.2 Å². The summed E-state index contributed by atoms with van der Waals surface area (Å²) in [6.45, 7) is 8.07. The van der Waals surface area contributed by atoms with Crippen LogP contribution in [0.1, 0.15) is 76.3 Å². The first-order valence-electron chi connectivity index (χ1n) is 19.2. The first-order chi connectivity index (χ1) is 27.5. The van der Waals surface area contributed by atoms with Gasteiger partial charge in [0.25, 0.3) is 11.4 Å². The Balaban J connectivity index is 0.000000177. The van der Waals surface area contributed by atoms with Gasteiger partial charge in [0.05, 0.1) is 9.85 Å². The van der Waals surface area contributed by atoms with E-state index in [0.29, 0.717) is 37.1 Å². The van der Waals surface area contributed by atoms with Crippen LogP contribution in [0.3, 0.4) is 0 Å². The molecule has 0 N–H and O–H groups in total. The number of carbonyl (C=O) groups is 4. The quantitative estimate of drug-likeness (QED) is 0.106. The molecule has 2 amide bonds. The smallest absolute Gasteiger partial charge is 0.269 e. The molecule has 12 nitrogen and oxygen atoms in total. The molecule has 296 valence electrons. The molecule has 2 aliphatic heterocycles. The van der Waals surface area contributed by atoms with Gasteiger partial charge in [0, 0.05) is 72.7 Å². The van der Waals surface area contributed by atoms with Gasteiger partial charge in [0.1, 0.15) is 22.4 Å². The number of carbonyl (C=O) groups excluding carboxylic acids is 4. The predicted octanol–water partition coefficient (Wildman–Crippen LogP) is 9.23. The summed E-state index contributed by atoms with van der Waals surface area (Å²) in [5.41, 5.74) is -0.0613. The van der Waals surface area contributed by atoms with Crippen molar-refractivity contribution in [3.63, 3.8) is 0 Å². The van der Waals surface area contributed by atoms with Gasteiger partial charge in [0.15, 0.2) is 0 Å². The number of nitro groups is 2. The third-order valence-electron chi connectivity index (χ3n) is 11.9. The van der Waals surface area contributed by atoms with Crippen LogP contribution in [0.4, 0.5) is 22.7 Å². The van der Waals surface area contributed by atoms with Crippen molar-refractivity contribution in [2.75, 3.05) is 9.80 Å². The summed E-state index contributed by atoms with van der Waals surface area (Å²) in [7, 11) is 0. The van der Waals surface area contributed by atoms with Crippen molar-refractivity contribution >= 4 is 46.1 Å². The first kappa shape index (κ1) is 39.7. The molecule has 2 saturated carbocycles. The molecule has 0 saturated heterocycles. The summed E-state index contributed by atoms with van der Waals surface area (Å²) in [5, 5.41) is 21.9. The predicted molar refractivity (Wildman–Crippen MR) is 219 cm³/mol. The van der Waals surface area contributed by atoms with Crippen LogP contribution >= 0.6 is 0 Å². The highest BCUT2D eigenvalue weighted by molar-refractivity contribution is 6.17. The number of hydrogen-bond donors (Lipinski definition) is 0. The molecule has 12 heteroatoms. The van der Waals surface area contributed by atoms with Crippen molar-refractivity contribution in [1.29, 1.82) is 0 Å². The normalized spacial score (nSPS) is 25.6. The van der Waals surface area contributed by atoms with Crippen molar-refractivity contribution in [2.24, 2.45) is 21.7 Å². The molecule has 4 aliphatic rings. The van der Waals surface area contributed by atoms with E-state index in [1.165, 1.54) is 34.1 Å². The molecule has 58 heavy (non-hydrogen) atoms. The van der Waals surface area contributed by atoms with Gasteiger partial charge in [-0.1, -0.05) is 101 Å². The number of Topliss-reactive ketones (excluding diaryl/α,β-unsaturated/α-hetero) is 2. The van der Waals surface area contributed by atoms with E-state index in [1.807, 2.05) is 101 Å². The van der Waals surface area contributed by atoms with Gasteiger partial charge >= 0.3 is 0 Å². The first-order valence-corrected chi connectivity index (χ1v) is 19.2. The number of nitrogens with zero attached hydrogens (tertiary/aromatic N) is 4. The van der Waals surface area contributed by atoms with Crippen molar-refractivity contribution in [1.82, 2.24) is 0 Å². The topological polar surface area (TPSA) is 161 Å². The monoisotopic (exact) mass is 780 g/mol. The number of nitro benzene ring substituents is 2. The zero-order chi connectivity index (χ0) is 41.6. The lowest BCUT2D eigenvalue weighted by Gasteiger charge is -2.41. The highest BCUT2D eigenvalue weighted by Gasteiger charge is 2.62. The standard InChI is InChI=1S/2C23H22N2O4/c2*1-22(2)14-20(26)23(15-22)19(16-6-4-3-5-7-16)12-13-24(21(23)27)17-8-10-18(11-9-17)25(28)29/h2*3-13,19H,14-15H2,1-2H3/t2*19-,23-/m10/s1. The molecular weight excluding hydrogens is 737 g/mol. The molecule has 4 atom stereocenters. The Kier molecular flexibility index (Phi) is 10.1. The molecule has 8 rings (SSSR count). The highest BCUT2D eigenvalue weighted by Crippen LogP contribution is 2.58. The van der Waals surface area contributed by atoms with E-state index in [9.17, 15) is 39.4 Å². The zero-order valence-electron chi connectivity index (χ0n) is 32.7. The van der Waals surface area contributed by atoms with E-state index in [0.717, 1.165) is 11.1 Å². The van der Waals surface area contributed by atoms with Crippen LogP contribution in [0.5, 0.6) is 0 Å². The van der Waals surface area contributed by atoms with Crippen LogP contribution in [0.2, 0.25) is 0 Å². The minimum atomic E-state index is -1.17. The largest absolute Gasteiger partial charge is 0.298 e. The van der Waals surface area contributed by atoms with Crippen molar-refractivity contribution in [3.8, 4) is 0 Å². The Bertz CT molecular complexity index is 2190.